The number of unbranched alkanes of at least 4 members (excludes halogenated alkanes) is 1. The number of Topliss-reactive ketones (excluding diaryl/α,β-unsaturated/α-hetero) is 1. The molecular formula is C16H33NO. The number of hydrogen-bond acceptors (Lipinski definition) is 2. The summed E-state index contributed by atoms with van der Waals surface area (Å²) in [6.45, 7) is 13.6. The Morgan fingerprint density at radius 2 is 1.78 bits per heavy atom. The van der Waals surface area contributed by atoms with Crippen LogP contribution in [0.4, 0.5) is 0 Å². The first-order chi connectivity index (χ1) is 8.27. The molecule has 0 aromatic carbocycles. The van der Waals surface area contributed by atoms with Gasteiger partial charge in [-0.25, -0.2) is 0 Å². The SMILES string of the molecule is CCCCC(CC)C(C)(C)N(C)CC(=O)C(C)C. The van der Waals surface area contributed by atoms with Crippen LogP contribution in [0.2, 0.25) is 0 Å². The topological polar surface area (TPSA) is 20.3 Å². The molecule has 0 heterocycles. The lowest BCUT2D eigenvalue weighted by Gasteiger charge is -2.42. The van der Waals surface area contributed by atoms with Crippen LogP contribution in [0.1, 0.15) is 67.2 Å². The van der Waals surface area contributed by atoms with E-state index in [-0.39, 0.29) is 11.5 Å². The smallest absolute Gasteiger partial charge is 0.149 e. The lowest BCUT2D eigenvalue weighted by molar-refractivity contribution is -0.124. The van der Waals surface area contributed by atoms with Gasteiger partial charge in [-0.05, 0) is 33.2 Å². The zero-order chi connectivity index (χ0) is 14.3. The molecule has 0 radical (unpaired) electrons. The number of rotatable bonds is 9. The minimum Gasteiger partial charge on any atom is -0.298 e. The summed E-state index contributed by atoms with van der Waals surface area (Å²) in [6.07, 6.45) is 4.99. The Morgan fingerprint density at radius 3 is 2.17 bits per heavy atom. The Labute approximate surface area is 114 Å². The Kier molecular flexibility index (Phi) is 7.77. The molecule has 0 fully saturated rings. The normalized spacial score (nSPS) is 14.3. The first-order valence-electron chi connectivity index (χ1n) is 7.51. The summed E-state index contributed by atoms with van der Waals surface area (Å²) in [5, 5.41) is 0. The van der Waals surface area contributed by atoms with Gasteiger partial charge in [0.15, 0.2) is 0 Å². The van der Waals surface area contributed by atoms with Gasteiger partial charge in [0.25, 0.3) is 0 Å². The predicted molar refractivity (Wildman–Crippen MR) is 79.9 cm³/mol. The third-order valence-electron chi connectivity index (χ3n) is 4.42. The molecule has 0 aromatic heterocycles. The van der Waals surface area contributed by atoms with Gasteiger partial charge in [0.1, 0.15) is 5.78 Å². The highest BCUT2D eigenvalue weighted by Gasteiger charge is 2.32. The van der Waals surface area contributed by atoms with Gasteiger partial charge in [-0.15, -0.1) is 0 Å². The second-order valence-corrected chi connectivity index (χ2v) is 6.38. The van der Waals surface area contributed by atoms with Crippen molar-refractivity contribution in [3.05, 3.63) is 0 Å². The number of ketones is 1. The zero-order valence-corrected chi connectivity index (χ0v) is 13.5. The van der Waals surface area contributed by atoms with E-state index in [0.717, 1.165) is 0 Å². The van der Waals surface area contributed by atoms with Crippen LogP contribution in [0.5, 0.6) is 0 Å². The van der Waals surface area contributed by atoms with Gasteiger partial charge in [0.2, 0.25) is 0 Å². The first-order valence-corrected chi connectivity index (χ1v) is 7.51. The monoisotopic (exact) mass is 255 g/mol. The molecule has 2 nitrogen and oxygen atoms in total. The summed E-state index contributed by atoms with van der Waals surface area (Å²) in [7, 11) is 2.09. The summed E-state index contributed by atoms with van der Waals surface area (Å²) >= 11 is 0. The third kappa shape index (κ3) is 5.09. The van der Waals surface area contributed by atoms with Crippen LogP contribution < -0.4 is 0 Å². The quantitative estimate of drug-likeness (QED) is 0.617. The number of hydrogen-bond donors (Lipinski definition) is 0. The van der Waals surface area contributed by atoms with Crippen LogP contribution >= 0.6 is 0 Å². The molecule has 0 aliphatic carbocycles. The van der Waals surface area contributed by atoms with E-state index >= 15 is 0 Å². The van der Waals surface area contributed by atoms with Crippen LogP contribution in [0, 0.1) is 11.8 Å². The standard InChI is InChI=1S/C16H33NO/c1-8-10-11-14(9-2)16(5,6)17(7)12-15(18)13(3)4/h13-14H,8-12H2,1-7H3. The van der Waals surface area contributed by atoms with Gasteiger partial charge in [-0.3, -0.25) is 9.69 Å². The molecule has 0 saturated carbocycles. The molecule has 0 aromatic rings. The highest BCUT2D eigenvalue weighted by Crippen LogP contribution is 2.30. The fraction of sp³-hybridized carbons (Fsp3) is 0.938. The zero-order valence-electron chi connectivity index (χ0n) is 13.5. The van der Waals surface area contributed by atoms with Crippen LogP contribution in [0.25, 0.3) is 0 Å². The maximum Gasteiger partial charge on any atom is 0.149 e. The first kappa shape index (κ1) is 17.6. The second-order valence-electron chi connectivity index (χ2n) is 6.38. The lowest BCUT2D eigenvalue weighted by Crippen LogP contribution is -2.49. The van der Waals surface area contributed by atoms with E-state index in [4.69, 9.17) is 0 Å². The van der Waals surface area contributed by atoms with E-state index in [1.54, 1.807) is 0 Å². The Balaban J connectivity index is 4.60. The summed E-state index contributed by atoms with van der Waals surface area (Å²) in [6, 6.07) is 0. The number of carbonyl (C=O) groups is 1. The molecule has 108 valence electrons. The molecule has 18 heavy (non-hydrogen) atoms. The van der Waals surface area contributed by atoms with E-state index in [1.807, 2.05) is 13.8 Å². The molecule has 0 aliphatic rings. The van der Waals surface area contributed by atoms with Gasteiger partial charge in [0.05, 0.1) is 6.54 Å². The molecule has 0 amide bonds. The average molecular weight is 255 g/mol. The highest BCUT2D eigenvalue weighted by atomic mass is 16.1. The maximum absolute atomic E-state index is 11.9. The molecule has 0 aliphatic heterocycles. The number of carbonyl (C=O) groups excluding carboxylic acids is 1. The minimum absolute atomic E-state index is 0.106. The highest BCUT2D eigenvalue weighted by molar-refractivity contribution is 5.82. The summed E-state index contributed by atoms with van der Waals surface area (Å²) in [5.74, 6) is 1.15. The maximum atomic E-state index is 11.9. The molecule has 1 unspecified atom stereocenters. The summed E-state index contributed by atoms with van der Waals surface area (Å²) < 4.78 is 0. The largest absolute Gasteiger partial charge is 0.298 e. The molecule has 0 rings (SSSR count). The van der Waals surface area contributed by atoms with Crippen molar-refractivity contribution in [2.75, 3.05) is 13.6 Å². The van der Waals surface area contributed by atoms with E-state index < -0.39 is 0 Å². The van der Waals surface area contributed by atoms with Crippen molar-refractivity contribution in [3.63, 3.8) is 0 Å². The summed E-state index contributed by atoms with van der Waals surface area (Å²) in [4.78, 5) is 14.1. The van der Waals surface area contributed by atoms with Crippen LogP contribution in [0.15, 0.2) is 0 Å². The molecule has 0 bridgehead atoms. The molecule has 2 heteroatoms. The van der Waals surface area contributed by atoms with E-state index in [2.05, 4.69) is 39.6 Å². The van der Waals surface area contributed by atoms with Crippen LogP contribution in [-0.2, 0) is 4.79 Å². The van der Waals surface area contributed by atoms with Gasteiger partial charge < -0.3 is 0 Å². The van der Waals surface area contributed by atoms with Crippen molar-refractivity contribution in [1.29, 1.82) is 0 Å². The van der Waals surface area contributed by atoms with Gasteiger partial charge in [0, 0.05) is 11.5 Å². The molecule has 0 N–H and O–H groups in total. The predicted octanol–water partition coefficient (Wildman–Crippen LogP) is 4.14. The molecule has 0 spiro atoms. The van der Waals surface area contributed by atoms with Crippen molar-refractivity contribution in [2.45, 2.75) is 72.8 Å². The van der Waals surface area contributed by atoms with Crippen molar-refractivity contribution in [2.24, 2.45) is 11.8 Å². The number of nitrogens with zero attached hydrogens (tertiary/aromatic N) is 1. The van der Waals surface area contributed by atoms with Crippen molar-refractivity contribution < 1.29 is 4.79 Å². The van der Waals surface area contributed by atoms with Gasteiger partial charge in [-0.2, -0.15) is 0 Å². The summed E-state index contributed by atoms with van der Waals surface area (Å²) in [5.41, 5.74) is 0.106. The van der Waals surface area contributed by atoms with Crippen molar-refractivity contribution in [3.8, 4) is 0 Å². The second kappa shape index (κ2) is 7.93. The Morgan fingerprint density at radius 1 is 1.22 bits per heavy atom. The third-order valence-corrected chi connectivity index (χ3v) is 4.42. The van der Waals surface area contributed by atoms with Crippen LogP contribution in [-0.4, -0.2) is 29.8 Å². The number of likely N-dealkylation sites (N-methyl/N-ethyl adjacent to an activating group) is 1. The fourth-order valence-corrected chi connectivity index (χ4v) is 2.44. The fourth-order valence-electron chi connectivity index (χ4n) is 2.44. The van der Waals surface area contributed by atoms with E-state index in [1.165, 1.54) is 25.7 Å². The van der Waals surface area contributed by atoms with Crippen LogP contribution in [0.3, 0.4) is 0 Å². The van der Waals surface area contributed by atoms with Crippen molar-refractivity contribution in [1.82, 2.24) is 4.90 Å². The minimum atomic E-state index is 0.106. The Bertz CT molecular complexity index is 245. The lowest BCUT2D eigenvalue weighted by atomic mass is 9.80. The van der Waals surface area contributed by atoms with Gasteiger partial charge >= 0.3 is 0 Å². The van der Waals surface area contributed by atoms with Crippen molar-refractivity contribution >= 4 is 5.78 Å². The van der Waals surface area contributed by atoms with E-state index in [9.17, 15) is 4.79 Å². The van der Waals surface area contributed by atoms with E-state index in [0.29, 0.717) is 18.2 Å². The molecule has 0 saturated heterocycles. The Hall–Kier alpha value is -0.370. The average Bonchev–Trinajstić information content (AvgIpc) is 2.29. The molecular weight excluding hydrogens is 222 g/mol. The van der Waals surface area contributed by atoms with Gasteiger partial charge in [-0.1, -0.05) is 47.0 Å². The molecule has 1 atom stereocenters.